The van der Waals surface area contributed by atoms with Crippen LogP contribution in [0.3, 0.4) is 0 Å². The minimum atomic E-state index is -0.679. The zero-order chi connectivity index (χ0) is 32.9. The summed E-state index contributed by atoms with van der Waals surface area (Å²) in [6, 6.07) is 3.43. The van der Waals surface area contributed by atoms with E-state index in [0.717, 1.165) is 32.0 Å². The smallest absolute Gasteiger partial charge is 0.299 e. The Morgan fingerprint density at radius 3 is 1.43 bits per heavy atom. The lowest BCUT2D eigenvalue weighted by atomic mass is 10.1. The maximum atomic E-state index is 11.1. The summed E-state index contributed by atoms with van der Waals surface area (Å²) in [7, 11) is 0. The summed E-state index contributed by atoms with van der Waals surface area (Å²) in [5.74, 6) is 0. The van der Waals surface area contributed by atoms with E-state index in [1.54, 1.807) is 0 Å². The first-order chi connectivity index (χ1) is 22.6. The molecule has 1 aliphatic heterocycles. The molecule has 0 aromatic heterocycles. The van der Waals surface area contributed by atoms with Crippen molar-refractivity contribution in [3.05, 3.63) is 38.4 Å². The number of non-ortho nitro benzene ring substituents is 1. The third kappa shape index (κ3) is 20.5. The third-order valence-corrected chi connectivity index (χ3v) is 6.42. The number of hydrogen-bond acceptors (Lipinski definition) is 15. The van der Waals surface area contributed by atoms with E-state index in [4.69, 9.17) is 42.6 Å². The number of rotatable bonds is 31. The van der Waals surface area contributed by atoms with E-state index in [2.05, 4.69) is 10.6 Å². The van der Waals surface area contributed by atoms with Crippen molar-refractivity contribution in [2.75, 3.05) is 137 Å². The Bertz CT molecular complexity index is 925. The van der Waals surface area contributed by atoms with Gasteiger partial charge in [0.25, 0.3) is 11.4 Å². The van der Waals surface area contributed by atoms with E-state index in [0.29, 0.717) is 118 Å². The van der Waals surface area contributed by atoms with Gasteiger partial charge in [-0.3, -0.25) is 20.2 Å². The van der Waals surface area contributed by atoms with E-state index < -0.39 is 9.85 Å². The van der Waals surface area contributed by atoms with Crippen LogP contribution in [-0.4, -0.2) is 148 Å². The number of benzene rings is 1. The fraction of sp³-hybridized carbons (Fsp3) is 0.793. The minimum Gasteiger partial charge on any atom is -0.377 e. The molecule has 0 saturated carbocycles. The Balaban J connectivity index is 1.22. The zero-order valence-corrected chi connectivity index (χ0v) is 26.6. The molecular formula is C29H50N4O13. The zero-order valence-electron chi connectivity index (χ0n) is 26.6. The Morgan fingerprint density at radius 2 is 1.02 bits per heavy atom. The summed E-state index contributed by atoms with van der Waals surface area (Å²) in [6.45, 7) is 10.3. The first-order valence-electron chi connectivity index (χ1n) is 15.7. The largest absolute Gasteiger partial charge is 0.377 e. The predicted molar refractivity (Wildman–Crippen MR) is 167 cm³/mol. The Kier molecular flexibility index (Phi) is 23.7. The van der Waals surface area contributed by atoms with Gasteiger partial charge in [0, 0.05) is 12.6 Å². The number of nitrogens with one attached hydrogen (secondary N) is 2. The van der Waals surface area contributed by atoms with E-state index in [1.807, 2.05) is 0 Å². The maximum Gasteiger partial charge on any atom is 0.299 e. The Morgan fingerprint density at radius 1 is 0.609 bits per heavy atom. The van der Waals surface area contributed by atoms with Crippen LogP contribution in [0.1, 0.15) is 12.8 Å². The average molecular weight is 663 g/mol. The average Bonchev–Trinajstić information content (AvgIpc) is 3.06. The van der Waals surface area contributed by atoms with Crippen LogP contribution in [0.15, 0.2) is 18.2 Å². The molecular weight excluding hydrogens is 612 g/mol. The SMILES string of the molecule is O=[N+]([O-])c1ccc(NCCOCCOCCOCCOCCOCCOCCOCCOCCOC2CCNCC2)c([N+](=O)[O-])c1. The molecule has 0 amide bonds. The van der Waals surface area contributed by atoms with Crippen LogP contribution in [0.4, 0.5) is 17.1 Å². The van der Waals surface area contributed by atoms with Crippen molar-refractivity contribution in [1.29, 1.82) is 0 Å². The molecule has 0 radical (unpaired) electrons. The molecule has 1 aromatic rings. The lowest BCUT2D eigenvalue weighted by Crippen LogP contribution is -2.33. The Labute approximate surface area is 269 Å². The van der Waals surface area contributed by atoms with Crippen molar-refractivity contribution in [1.82, 2.24) is 5.32 Å². The maximum absolute atomic E-state index is 11.1. The number of nitro benzene ring substituents is 2. The van der Waals surface area contributed by atoms with Crippen molar-refractivity contribution >= 4 is 17.1 Å². The second kappa shape index (κ2) is 27.5. The standard InChI is InChI=1S/C29H50N4O13/c34-32(35)26-1-2-28(29(25-26)33(36)37)31-7-8-38-9-10-39-11-12-40-13-14-41-15-16-42-17-18-43-19-20-44-21-22-45-23-24-46-27-3-5-30-6-4-27/h1-2,25,27,30-31H,3-24H2. The van der Waals surface area contributed by atoms with Crippen molar-refractivity contribution in [2.24, 2.45) is 0 Å². The molecule has 1 aliphatic rings. The molecule has 0 bridgehead atoms. The molecule has 1 saturated heterocycles. The second-order valence-corrected chi connectivity index (χ2v) is 9.86. The first-order valence-corrected chi connectivity index (χ1v) is 15.7. The molecule has 1 aromatic carbocycles. The molecule has 2 rings (SSSR count). The Hall–Kier alpha value is -2.58. The minimum absolute atomic E-state index is 0.189. The quantitative estimate of drug-likeness (QED) is 0.0664. The highest BCUT2D eigenvalue weighted by Gasteiger charge is 2.19. The highest BCUT2D eigenvalue weighted by atomic mass is 16.6. The molecule has 46 heavy (non-hydrogen) atoms. The fourth-order valence-electron chi connectivity index (χ4n) is 4.07. The van der Waals surface area contributed by atoms with Crippen LogP contribution in [0, 0.1) is 20.2 Å². The highest BCUT2D eigenvalue weighted by molar-refractivity contribution is 5.65. The van der Waals surface area contributed by atoms with Gasteiger partial charge >= 0.3 is 0 Å². The van der Waals surface area contributed by atoms with Crippen molar-refractivity contribution in [2.45, 2.75) is 18.9 Å². The topological polar surface area (TPSA) is 193 Å². The lowest BCUT2D eigenvalue weighted by Gasteiger charge is -2.22. The summed E-state index contributed by atoms with van der Waals surface area (Å²) < 4.78 is 49.4. The molecule has 264 valence electrons. The van der Waals surface area contributed by atoms with Gasteiger partial charge in [-0.15, -0.1) is 0 Å². The molecule has 17 heteroatoms. The predicted octanol–water partition coefficient (Wildman–Crippen LogP) is 1.82. The molecule has 1 fully saturated rings. The number of ether oxygens (including phenoxy) is 9. The molecule has 17 nitrogen and oxygen atoms in total. The van der Waals surface area contributed by atoms with Crippen LogP contribution in [0.25, 0.3) is 0 Å². The number of anilines is 1. The molecule has 0 aliphatic carbocycles. The van der Waals surface area contributed by atoms with E-state index >= 15 is 0 Å². The first kappa shape index (κ1) is 39.6. The molecule has 1 heterocycles. The fourth-order valence-corrected chi connectivity index (χ4v) is 4.07. The van der Waals surface area contributed by atoms with Crippen molar-refractivity contribution in [3.8, 4) is 0 Å². The van der Waals surface area contributed by atoms with E-state index in [1.165, 1.54) is 12.1 Å². The summed E-state index contributed by atoms with van der Waals surface area (Å²) in [5.41, 5.74) is -0.516. The number of piperidine rings is 1. The van der Waals surface area contributed by atoms with Crippen LogP contribution >= 0.6 is 0 Å². The van der Waals surface area contributed by atoms with Crippen LogP contribution in [-0.2, 0) is 42.6 Å². The van der Waals surface area contributed by atoms with E-state index in [-0.39, 0.29) is 23.7 Å². The van der Waals surface area contributed by atoms with Gasteiger partial charge in [0.15, 0.2) is 0 Å². The number of nitro groups is 2. The van der Waals surface area contributed by atoms with Gasteiger partial charge in [-0.25, -0.2) is 0 Å². The number of hydrogen-bond donors (Lipinski definition) is 2. The van der Waals surface area contributed by atoms with Crippen molar-refractivity contribution in [3.63, 3.8) is 0 Å². The monoisotopic (exact) mass is 662 g/mol. The number of nitrogens with zero attached hydrogens (tertiary/aromatic N) is 2. The van der Waals surface area contributed by atoms with Gasteiger partial charge in [-0.2, -0.15) is 0 Å². The van der Waals surface area contributed by atoms with Gasteiger partial charge in [-0.1, -0.05) is 0 Å². The van der Waals surface area contributed by atoms with Gasteiger partial charge in [0.05, 0.1) is 134 Å². The van der Waals surface area contributed by atoms with Crippen LogP contribution in [0.2, 0.25) is 0 Å². The normalized spacial score (nSPS) is 13.7. The van der Waals surface area contributed by atoms with Gasteiger partial charge in [0.2, 0.25) is 0 Å². The summed E-state index contributed by atoms with van der Waals surface area (Å²) in [4.78, 5) is 20.6. The van der Waals surface area contributed by atoms with Gasteiger partial charge in [0.1, 0.15) is 5.69 Å². The van der Waals surface area contributed by atoms with Crippen molar-refractivity contribution < 1.29 is 52.5 Å². The lowest BCUT2D eigenvalue weighted by molar-refractivity contribution is -0.393. The molecule has 2 N–H and O–H groups in total. The van der Waals surface area contributed by atoms with Crippen LogP contribution < -0.4 is 10.6 Å². The molecule has 0 spiro atoms. The molecule has 0 unspecified atom stereocenters. The summed E-state index contributed by atoms with van der Waals surface area (Å²) >= 11 is 0. The van der Waals surface area contributed by atoms with Crippen LogP contribution in [0.5, 0.6) is 0 Å². The molecule has 0 atom stereocenters. The van der Waals surface area contributed by atoms with Gasteiger partial charge in [-0.05, 0) is 32.0 Å². The van der Waals surface area contributed by atoms with E-state index in [9.17, 15) is 20.2 Å². The second-order valence-electron chi connectivity index (χ2n) is 9.86. The third-order valence-electron chi connectivity index (χ3n) is 6.42. The summed E-state index contributed by atoms with van der Waals surface area (Å²) in [5, 5.41) is 28.1. The highest BCUT2D eigenvalue weighted by Crippen LogP contribution is 2.28. The summed E-state index contributed by atoms with van der Waals surface area (Å²) in [6.07, 6.45) is 2.49. The van der Waals surface area contributed by atoms with Gasteiger partial charge < -0.3 is 53.3 Å².